The van der Waals surface area contributed by atoms with Crippen LogP contribution in [0.15, 0.2) is 6.07 Å². The number of carbonyl (C=O) groups is 1. The first-order valence-electron chi connectivity index (χ1n) is 5.30. The quantitative estimate of drug-likeness (QED) is 0.797. The number of rotatable bonds is 4. The zero-order valence-electron chi connectivity index (χ0n) is 10.7. The van der Waals surface area contributed by atoms with Gasteiger partial charge in [-0.1, -0.05) is 0 Å². The molecule has 1 heterocycles. The minimum Gasteiger partial charge on any atom is -0.481 e. The molecule has 0 aliphatic heterocycles. The average molecular weight is 286 g/mol. The van der Waals surface area contributed by atoms with Gasteiger partial charge in [-0.05, 0) is 19.1 Å². The topological polar surface area (TPSA) is 96.8 Å². The van der Waals surface area contributed by atoms with Crippen LogP contribution in [0.1, 0.15) is 6.92 Å². The SMILES string of the molecule is CCN(C(=O)O)C(=S)Nc1nc(OC)cc(OC)n1. The molecule has 0 atom stereocenters. The lowest BCUT2D eigenvalue weighted by Gasteiger charge is -2.18. The van der Waals surface area contributed by atoms with Crippen LogP contribution in [0.5, 0.6) is 11.8 Å². The number of ether oxygens (including phenoxy) is 2. The van der Waals surface area contributed by atoms with Gasteiger partial charge in [0.15, 0.2) is 5.11 Å². The van der Waals surface area contributed by atoms with E-state index in [9.17, 15) is 4.79 Å². The van der Waals surface area contributed by atoms with Crippen LogP contribution in [0, 0.1) is 0 Å². The van der Waals surface area contributed by atoms with Crippen molar-refractivity contribution < 1.29 is 19.4 Å². The van der Waals surface area contributed by atoms with Crippen molar-refractivity contribution in [2.45, 2.75) is 6.92 Å². The predicted octanol–water partition coefficient (Wildman–Crippen LogP) is 1.19. The van der Waals surface area contributed by atoms with E-state index >= 15 is 0 Å². The average Bonchev–Trinajstić information content (AvgIpc) is 2.38. The molecule has 0 saturated heterocycles. The molecule has 0 aliphatic rings. The standard InChI is InChI=1S/C10H14N4O4S/c1-4-14(10(15)16)9(19)13-8-11-6(17-2)5-7(12-8)18-3/h5H,4H2,1-3H3,(H,15,16)(H,11,12,13,19). The molecule has 0 spiro atoms. The van der Waals surface area contributed by atoms with Gasteiger partial charge in [-0.2, -0.15) is 9.97 Å². The van der Waals surface area contributed by atoms with Crippen molar-refractivity contribution in [3.8, 4) is 11.8 Å². The molecule has 8 nitrogen and oxygen atoms in total. The molecule has 0 saturated carbocycles. The molecule has 0 radical (unpaired) electrons. The van der Waals surface area contributed by atoms with Gasteiger partial charge in [-0.3, -0.25) is 4.90 Å². The molecule has 1 rings (SSSR count). The Hall–Kier alpha value is -2.16. The van der Waals surface area contributed by atoms with Crippen LogP contribution in [-0.4, -0.2) is 51.9 Å². The number of thiocarbonyl (C=S) groups is 1. The van der Waals surface area contributed by atoms with E-state index in [0.29, 0.717) is 0 Å². The lowest BCUT2D eigenvalue weighted by molar-refractivity contribution is 0.171. The first kappa shape index (κ1) is 14.9. The highest BCUT2D eigenvalue weighted by Gasteiger charge is 2.16. The maximum atomic E-state index is 10.9. The fourth-order valence-electron chi connectivity index (χ4n) is 1.20. The number of anilines is 1. The Morgan fingerprint density at radius 2 is 1.95 bits per heavy atom. The maximum Gasteiger partial charge on any atom is 0.413 e. The predicted molar refractivity (Wildman–Crippen MR) is 71.8 cm³/mol. The number of nitrogens with one attached hydrogen (secondary N) is 1. The third-order valence-corrected chi connectivity index (χ3v) is 2.43. The number of hydrogen-bond donors (Lipinski definition) is 2. The van der Waals surface area contributed by atoms with E-state index in [1.807, 2.05) is 0 Å². The van der Waals surface area contributed by atoms with E-state index in [0.717, 1.165) is 4.90 Å². The van der Waals surface area contributed by atoms with Crippen LogP contribution in [-0.2, 0) is 0 Å². The summed E-state index contributed by atoms with van der Waals surface area (Å²) >= 11 is 4.96. The number of hydrogen-bond acceptors (Lipinski definition) is 6. The first-order valence-corrected chi connectivity index (χ1v) is 5.71. The number of carboxylic acid groups (broad SMARTS) is 1. The third-order valence-electron chi connectivity index (χ3n) is 2.11. The summed E-state index contributed by atoms with van der Waals surface area (Å²) in [5.41, 5.74) is 0. The van der Waals surface area contributed by atoms with Crippen LogP contribution in [0.3, 0.4) is 0 Å². The van der Waals surface area contributed by atoms with Crippen molar-refractivity contribution >= 4 is 29.4 Å². The lowest BCUT2D eigenvalue weighted by Crippen LogP contribution is -2.38. The van der Waals surface area contributed by atoms with Crippen molar-refractivity contribution in [2.75, 3.05) is 26.1 Å². The molecule has 1 aromatic heterocycles. The molecule has 19 heavy (non-hydrogen) atoms. The van der Waals surface area contributed by atoms with Gasteiger partial charge in [0.05, 0.1) is 20.3 Å². The summed E-state index contributed by atoms with van der Waals surface area (Å²) in [5, 5.41) is 11.5. The van der Waals surface area contributed by atoms with Crippen LogP contribution >= 0.6 is 12.2 Å². The van der Waals surface area contributed by atoms with Crippen LogP contribution in [0.2, 0.25) is 0 Å². The normalized spacial score (nSPS) is 9.63. The highest BCUT2D eigenvalue weighted by atomic mass is 32.1. The van der Waals surface area contributed by atoms with Gasteiger partial charge in [0.2, 0.25) is 17.7 Å². The zero-order valence-corrected chi connectivity index (χ0v) is 11.5. The summed E-state index contributed by atoms with van der Waals surface area (Å²) in [7, 11) is 2.89. The van der Waals surface area contributed by atoms with Crippen molar-refractivity contribution in [3.63, 3.8) is 0 Å². The molecule has 0 aliphatic carbocycles. The Morgan fingerprint density at radius 1 is 1.42 bits per heavy atom. The van der Waals surface area contributed by atoms with Crippen molar-refractivity contribution in [2.24, 2.45) is 0 Å². The van der Waals surface area contributed by atoms with Gasteiger partial charge >= 0.3 is 6.09 Å². The molecule has 0 bridgehead atoms. The molecular formula is C10H14N4O4S. The number of nitrogens with zero attached hydrogens (tertiary/aromatic N) is 3. The van der Waals surface area contributed by atoms with E-state index < -0.39 is 6.09 Å². The second-order valence-electron chi connectivity index (χ2n) is 3.23. The molecule has 2 N–H and O–H groups in total. The van der Waals surface area contributed by atoms with Crippen molar-refractivity contribution in [3.05, 3.63) is 6.07 Å². The van der Waals surface area contributed by atoms with Crippen molar-refractivity contribution in [1.29, 1.82) is 0 Å². The summed E-state index contributed by atoms with van der Waals surface area (Å²) in [5.74, 6) is 0.645. The Labute approximate surface area is 115 Å². The summed E-state index contributed by atoms with van der Waals surface area (Å²) in [6, 6.07) is 1.49. The second-order valence-corrected chi connectivity index (χ2v) is 3.62. The molecule has 1 aromatic rings. The minimum absolute atomic E-state index is 0.0229. The molecule has 9 heteroatoms. The van der Waals surface area contributed by atoms with E-state index in [1.165, 1.54) is 20.3 Å². The van der Waals surface area contributed by atoms with Gasteiger partial charge in [0.25, 0.3) is 0 Å². The van der Waals surface area contributed by atoms with E-state index in [4.69, 9.17) is 26.8 Å². The molecular weight excluding hydrogens is 272 g/mol. The largest absolute Gasteiger partial charge is 0.481 e. The Balaban J connectivity index is 2.92. The van der Waals surface area contributed by atoms with Gasteiger partial charge in [-0.15, -0.1) is 0 Å². The van der Waals surface area contributed by atoms with Gasteiger partial charge in [-0.25, -0.2) is 4.79 Å². The highest BCUT2D eigenvalue weighted by molar-refractivity contribution is 7.80. The van der Waals surface area contributed by atoms with Gasteiger partial charge in [0.1, 0.15) is 0 Å². The number of aromatic nitrogens is 2. The molecule has 0 aromatic carbocycles. The first-order chi connectivity index (χ1) is 9.01. The number of amides is 1. The zero-order chi connectivity index (χ0) is 14.4. The van der Waals surface area contributed by atoms with Crippen molar-refractivity contribution in [1.82, 2.24) is 14.9 Å². The minimum atomic E-state index is -1.16. The Morgan fingerprint density at radius 3 is 2.32 bits per heavy atom. The van der Waals surface area contributed by atoms with Crippen LogP contribution in [0.4, 0.5) is 10.7 Å². The maximum absolute atomic E-state index is 10.9. The molecule has 0 fully saturated rings. The Kier molecular flexibility index (Phi) is 5.24. The molecule has 0 unspecified atom stereocenters. The van der Waals surface area contributed by atoms with E-state index in [-0.39, 0.29) is 29.4 Å². The fourth-order valence-corrected chi connectivity index (χ4v) is 1.50. The van der Waals surface area contributed by atoms with Crippen LogP contribution in [0.25, 0.3) is 0 Å². The molecule has 104 valence electrons. The van der Waals surface area contributed by atoms with E-state index in [1.54, 1.807) is 6.92 Å². The lowest BCUT2D eigenvalue weighted by atomic mass is 10.6. The summed E-state index contributed by atoms with van der Waals surface area (Å²) in [4.78, 5) is 19.8. The number of methoxy groups -OCH3 is 2. The smallest absolute Gasteiger partial charge is 0.413 e. The highest BCUT2D eigenvalue weighted by Crippen LogP contribution is 2.17. The van der Waals surface area contributed by atoms with E-state index in [2.05, 4.69) is 15.3 Å². The fraction of sp³-hybridized carbons (Fsp3) is 0.400. The second kappa shape index (κ2) is 6.69. The monoisotopic (exact) mass is 286 g/mol. The van der Waals surface area contributed by atoms with Gasteiger partial charge in [0, 0.05) is 6.54 Å². The summed E-state index contributed by atoms with van der Waals surface area (Å²) < 4.78 is 9.94. The van der Waals surface area contributed by atoms with Crippen LogP contribution < -0.4 is 14.8 Å². The molecule has 1 amide bonds. The summed E-state index contributed by atoms with van der Waals surface area (Å²) in [6.07, 6.45) is -1.16. The summed E-state index contributed by atoms with van der Waals surface area (Å²) in [6.45, 7) is 1.87. The van der Waals surface area contributed by atoms with Gasteiger partial charge < -0.3 is 19.9 Å². The Bertz CT molecular complexity index is 460. The third kappa shape index (κ3) is 3.91.